The smallest absolute Gasteiger partial charge is 0.123 e. The number of hydrogen-bond donors (Lipinski definition) is 1. The van der Waals surface area contributed by atoms with Gasteiger partial charge in [-0.2, -0.15) is 0 Å². The molecule has 2 rings (SSSR count). The predicted octanol–water partition coefficient (Wildman–Crippen LogP) is 3.54. The molecule has 0 saturated carbocycles. The molecule has 1 heterocycles. The van der Waals surface area contributed by atoms with Gasteiger partial charge in [-0.25, -0.2) is 4.39 Å². The van der Waals surface area contributed by atoms with Gasteiger partial charge in [-0.1, -0.05) is 26.7 Å². The van der Waals surface area contributed by atoms with Crippen LogP contribution < -0.4 is 10.1 Å². The van der Waals surface area contributed by atoms with Crippen LogP contribution in [-0.2, 0) is 6.42 Å². The van der Waals surface area contributed by atoms with Crippen LogP contribution in [0.25, 0.3) is 0 Å². The van der Waals surface area contributed by atoms with Crippen LogP contribution in [0.4, 0.5) is 4.39 Å². The van der Waals surface area contributed by atoms with Crippen LogP contribution in [0.1, 0.15) is 39.2 Å². The van der Waals surface area contributed by atoms with E-state index in [-0.39, 0.29) is 11.9 Å². The zero-order valence-electron chi connectivity index (χ0n) is 12.1. The van der Waals surface area contributed by atoms with Crippen LogP contribution in [0.3, 0.4) is 0 Å². The zero-order chi connectivity index (χ0) is 13.8. The van der Waals surface area contributed by atoms with E-state index in [1.165, 1.54) is 18.9 Å². The summed E-state index contributed by atoms with van der Waals surface area (Å²) >= 11 is 0. The number of ether oxygens (including phenoxy) is 1. The van der Waals surface area contributed by atoms with E-state index in [1.54, 1.807) is 12.1 Å². The first-order valence-corrected chi connectivity index (χ1v) is 7.32. The van der Waals surface area contributed by atoms with Crippen molar-refractivity contribution in [3.8, 4) is 5.75 Å². The van der Waals surface area contributed by atoms with E-state index in [1.807, 2.05) is 0 Å². The summed E-state index contributed by atoms with van der Waals surface area (Å²) in [6.45, 7) is 7.53. The van der Waals surface area contributed by atoms with E-state index in [9.17, 15) is 4.39 Å². The van der Waals surface area contributed by atoms with Crippen molar-refractivity contribution in [3.63, 3.8) is 0 Å². The SMILES string of the molecule is CCC(CC)C(C)NCC1Cc2cc(F)ccc2O1. The van der Waals surface area contributed by atoms with E-state index in [0.717, 1.165) is 24.3 Å². The maximum Gasteiger partial charge on any atom is 0.123 e. The van der Waals surface area contributed by atoms with Crippen molar-refractivity contribution in [2.45, 2.75) is 52.2 Å². The van der Waals surface area contributed by atoms with E-state index < -0.39 is 0 Å². The van der Waals surface area contributed by atoms with Gasteiger partial charge >= 0.3 is 0 Å². The Morgan fingerprint density at radius 2 is 2.11 bits per heavy atom. The molecule has 0 spiro atoms. The summed E-state index contributed by atoms with van der Waals surface area (Å²) in [5, 5.41) is 3.56. The first-order chi connectivity index (χ1) is 9.13. The van der Waals surface area contributed by atoms with Crippen molar-refractivity contribution < 1.29 is 9.13 Å². The topological polar surface area (TPSA) is 21.3 Å². The van der Waals surface area contributed by atoms with Crippen LogP contribution >= 0.6 is 0 Å². The molecule has 1 N–H and O–H groups in total. The molecule has 3 heteroatoms. The number of nitrogens with one attached hydrogen (secondary N) is 1. The quantitative estimate of drug-likeness (QED) is 0.849. The summed E-state index contributed by atoms with van der Waals surface area (Å²) in [6, 6.07) is 5.27. The molecule has 0 radical (unpaired) electrons. The Bertz CT molecular complexity index is 417. The van der Waals surface area contributed by atoms with Gasteiger partial charge in [0.25, 0.3) is 0 Å². The van der Waals surface area contributed by atoms with E-state index in [4.69, 9.17) is 4.74 Å². The van der Waals surface area contributed by atoms with Crippen LogP contribution in [0, 0.1) is 11.7 Å². The molecule has 0 amide bonds. The first kappa shape index (κ1) is 14.3. The second-order valence-electron chi connectivity index (χ2n) is 5.47. The molecule has 2 nitrogen and oxygen atoms in total. The average molecular weight is 265 g/mol. The molecule has 106 valence electrons. The fraction of sp³-hybridized carbons (Fsp3) is 0.625. The third-order valence-corrected chi connectivity index (χ3v) is 4.19. The highest BCUT2D eigenvalue weighted by Gasteiger charge is 2.24. The Labute approximate surface area is 115 Å². The fourth-order valence-corrected chi connectivity index (χ4v) is 2.88. The van der Waals surface area contributed by atoms with Crippen molar-refractivity contribution in [1.29, 1.82) is 0 Å². The standard InChI is InChI=1S/C16H24FNO/c1-4-12(5-2)11(3)18-10-15-9-13-8-14(17)6-7-16(13)19-15/h6-8,11-12,15,18H,4-5,9-10H2,1-3H3. The van der Waals surface area contributed by atoms with Gasteiger partial charge in [0.05, 0.1) is 0 Å². The fourth-order valence-electron chi connectivity index (χ4n) is 2.88. The van der Waals surface area contributed by atoms with Gasteiger partial charge in [-0.3, -0.25) is 0 Å². The molecule has 0 bridgehead atoms. The molecular weight excluding hydrogens is 241 g/mol. The van der Waals surface area contributed by atoms with Crippen LogP contribution in [0.5, 0.6) is 5.75 Å². The third-order valence-electron chi connectivity index (χ3n) is 4.19. The molecule has 19 heavy (non-hydrogen) atoms. The monoisotopic (exact) mass is 265 g/mol. The normalized spacial score (nSPS) is 19.3. The minimum absolute atomic E-state index is 0.133. The largest absolute Gasteiger partial charge is 0.488 e. The van der Waals surface area contributed by atoms with Crippen LogP contribution in [0.15, 0.2) is 18.2 Å². The Morgan fingerprint density at radius 3 is 2.79 bits per heavy atom. The summed E-state index contributed by atoms with van der Waals surface area (Å²) in [5.41, 5.74) is 0.988. The summed E-state index contributed by atoms with van der Waals surface area (Å²) in [4.78, 5) is 0. The van der Waals surface area contributed by atoms with Gasteiger partial charge in [0, 0.05) is 24.6 Å². The van der Waals surface area contributed by atoms with Gasteiger partial charge in [-0.05, 0) is 31.0 Å². The lowest BCUT2D eigenvalue weighted by molar-refractivity contribution is 0.212. The Morgan fingerprint density at radius 1 is 1.37 bits per heavy atom. The molecule has 1 aliphatic rings. The number of halogens is 1. The van der Waals surface area contributed by atoms with Gasteiger partial charge < -0.3 is 10.1 Å². The number of hydrogen-bond acceptors (Lipinski definition) is 2. The van der Waals surface area contributed by atoms with E-state index >= 15 is 0 Å². The van der Waals surface area contributed by atoms with Crippen LogP contribution in [-0.4, -0.2) is 18.7 Å². The molecule has 1 aromatic rings. The molecule has 2 unspecified atom stereocenters. The van der Waals surface area contributed by atoms with Gasteiger partial charge in [0.2, 0.25) is 0 Å². The summed E-state index contributed by atoms with van der Waals surface area (Å²) in [6.07, 6.45) is 3.33. The Balaban J connectivity index is 1.84. The second-order valence-corrected chi connectivity index (χ2v) is 5.47. The molecular formula is C16H24FNO. The number of rotatable bonds is 6. The molecule has 1 aliphatic heterocycles. The van der Waals surface area contributed by atoms with Gasteiger partial charge in [0.1, 0.15) is 17.7 Å². The second kappa shape index (κ2) is 6.38. The molecule has 0 saturated heterocycles. The highest BCUT2D eigenvalue weighted by molar-refractivity contribution is 5.37. The maximum atomic E-state index is 13.1. The average Bonchev–Trinajstić information content (AvgIpc) is 2.79. The summed E-state index contributed by atoms with van der Waals surface area (Å²) in [7, 11) is 0. The van der Waals surface area contributed by atoms with Gasteiger partial charge in [0.15, 0.2) is 0 Å². The maximum absolute atomic E-state index is 13.1. The highest BCUT2D eigenvalue weighted by atomic mass is 19.1. The number of benzene rings is 1. The highest BCUT2D eigenvalue weighted by Crippen LogP contribution is 2.29. The predicted molar refractivity (Wildman–Crippen MR) is 76.1 cm³/mol. The van der Waals surface area contributed by atoms with E-state index in [0.29, 0.717) is 12.0 Å². The van der Waals surface area contributed by atoms with Crippen molar-refractivity contribution in [3.05, 3.63) is 29.6 Å². The van der Waals surface area contributed by atoms with Crippen molar-refractivity contribution >= 4 is 0 Å². The summed E-state index contributed by atoms with van der Waals surface area (Å²) < 4.78 is 19.0. The minimum atomic E-state index is -0.179. The van der Waals surface area contributed by atoms with E-state index in [2.05, 4.69) is 26.1 Å². The molecule has 0 fully saturated rings. The molecule has 0 aliphatic carbocycles. The van der Waals surface area contributed by atoms with Crippen molar-refractivity contribution in [2.75, 3.05) is 6.54 Å². The van der Waals surface area contributed by atoms with Crippen molar-refractivity contribution in [1.82, 2.24) is 5.32 Å². The lowest BCUT2D eigenvalue weighted by Crippen LogP contribution is -2.39. The summed E-state index contributed by atoms with van der Waals surface area (Å²) in [5.74, 6) is 1.37. The molecule has 0 aromatic heterocycles. The number of fused-ring (bicyclic) bond motifs is 1. The lowest BCUT2D eigenvalue weighted by atomic mass is 9.95. The Kier molecular flexibility index (Phi) is 4.81. The Hall–Kier alpha value is -1.09. The molecule has 1 aromatic carbocycles. The van der Waals surface area contributed by atoms with Crippen molar-refractivity contribution in [2.24, 2.45) is 5.92 Å². The first-order valence-electron chi connectivity index (χ1n) is 7.32. The lowest BCUT2D eigenvalue weighted by Gasteiger charge is -2.24. The minimum Gasteiger partial charge on any atom is -0.488 e. The third kappa shape index (κ3) is 3.47. The van der Waals surface area contributed by atoms with Gasteiger partial charge in [-0.15, -0.1) is 0 Å². The van der Waals surface area contributed by atoms with Crippen LogP contribution in [0.2, 0.25) is 0 Å². The molecule has 2 atom stereocenters. The zero-order valence-corrected chi connectivity index (χ0v) is 12.1.